The molecule has 1 aromatic heterocycles. The fourth-order valence-electron chi connectivity index (χ4n) is 3.28. The number of ether oxygens (including phenoxy) is 2. The van der Waals surface area contributed by atoms with Gasteiger partial charge < -0.3 is 30.7 Å². The number of hydrogen-bond donors (Lipinski definition) is 3. The van der Waals surface area contributed by atoms with E-state index >= 15 is 0 Å². The fraction of sp³-hybridized carbons (Fsp3) is 0.474. The highest BCUT2D eigenvalue weighted by Gasteiger charge is 2.17. The minimum atomic E-state index is 0.234. The maximum Gasteiger partial charge on any atom is 0.229 e. The number of nitrogens with one attached hydrogen (secondary N) is 2. The number of benzene rings is 1. The molecule has 0 unspecified atom stereocenters. The monoisotopic (exact) mass is 406 g/mol. The van der Waals surface area contributed by atoms with Gasteiger partial charge in [0, 0.05) is 26.7 Å². The van der Waals surface area contributed by atoms with E-state index in [0.29, 0.717) is 16.8 Å². The molecule has 9 heteroatoms. The van der Waals surface area contributed by atoms with Crippen LogP contribution in [0, 0.1) is 0 Å². The molecule has 4 N–H and O–H groups in total. The zero-order valence-electron chi connectivity index (χ0n) is 16.3. The topological polar surface area (TPSA) is 97.6 Å². The summed E-state index contributed by atoms with van der Waals surface area (Å²) in [5.41, 5.74) is 8.97. The smallest absolute Gasteiger partial charge is 0.229 e. The maximum atomic E-state index is 6.09. The van der Waals surface area contributed by atoms with E-state index in [-0.39, 0.29) is 6.67 Å². The van der Waals surface area contributed by atoms with Crippen LogP contribution in [0.5, 0.6) is 5.75 Å². The number of hydrogen-bond acceptors (Lipinski definition) is 8. The Morgan fingerprint density at radius 2 is 1.96 bits per heavy atom. The van der Waals surface area contributed by atoms with Crippen molar-refractivity contribution in [1.82, 2.24) is 14.9 Å². The van der Waals surface area contributed by atoms with Crippen LogP contribution < -0.4 is 21.1 Å². The number of nitrogens with two attached hydrogens (primary N) is 1. The molecule has 2 heterocycles. The first-order chi connectivity index (χ1) is 13.6. The molecule has 0 aliphatic carbocycles. The summed E-state index contributed by atoms with van der Waals surface area (Å²) in [6.45, 7) is 3.95. The van der Waals surface area contributed by atoms with Crippen molar-refractivity contribution < 1.29 is 9.47 Å². The van der Waals surface area contributed by atoms with Gasteiger partial charge in [0.2, 0.25) is 5.95 Å². The average Bonchev–Trinajstić information content (AvgIpc) is 2.90. The van der Waals surface area contributed by atoms with Crippen molar-refractivity contribution >= 4 is 29.1 Å². The quantitative estimate of drug-likeness (QED) is 0.574. The number of rotatable bonds is 8. The second kappa shape index (κ2) is 9.88. The Morgan fingerprint density at radius 3 is 2.64 bits per heavy atom. The van der Waals surface area contributed by atoms with E-state index in [0.717, 1.165) is 50.5 Å². The van der Waals surface area contributed by atoms with Crippen LogP contribution in [0.4, 0.5) is 17.5 Å². The summed E-state index contributed by atoms with van der Waals surface area (Å²) in [6, 6.07) is 4.23. The lowest BCUT2D eigenvalue weighted by molar-refractivity contribution is 0.150. The fourth-order valence-corrected chi connectivity index (χ4v) is 3.44. The lowest BCUT2D eigenvalue weighted by atomic mass is 10.0. The van der Waals surface area contributed by atoms with Crippen molar-refractivity contribution in [2.75, 3.05) is 57.8 Å². The number of halogens is 1. The second-order valence-corrected chi connectivity index (χ2v) is 6.96. The Bertz CT molecular complexity index is 804. The van der Waals surface area contributed by atoms with Crippen LogP contribution in [-0.2, 0) is 17.6 Å². The van der Waals surface area contributed by atoms with E-state index in [1.165, 1.54) is 11.1 Å². The summed E-state index contributed by atoms with van der Waals surface area (Å²) < 4.78 is 10.8. The Kier molecular flexibility index (Phi) is 7.27. The van der Waals surface area contributed by atoms with Gasteiger partial charge in [0.15, 0.2) is 5.82 Å². The molecule has 0 spiro atoms. The first-order valence-corrected chi connectivity index (χ1v) is 9.67. The first-order valence-electron chi connectivity index (χ1n) is 9.29. The summed E-state index contributed by atoms with van der Waals surface area (Å²) in [5, 5.41) is 6.58. The SMILES string of the molecule is COCCN1CCc2cc(Nc3ncc(Cl)c(NCN)n3)c(OC)cc2CC1. The van der Waals surface area contributed by atoms with E-state index in [4.69, 9.17) is 26.8 Å². The maximum absolute atomic E-state index is 6.09. The number of aromatic nitrogens is 2. The lowest BCUT2D eigenvalue weighted by Gasteiger charge is -2.18. The highest BCUT2D eigenvalue weighted by molar-refractivity contribution is 6.32. The molecule has 0 saturated heterocycles. The molecule has 3 rings (SSSR count). The number of fused-ring (bicyclic) bond motifs is 1. The number of anilines is 3. The number of nitrogens with zero attached hydrogens (tertiary/aromatic N) is 3. The van der Waals surface area contributed by atoms with Gasteiger partial charge in [-0.1, -0.05) is 11.6 Å². The number of methoxy groups -OCH3 is 2. The largest absolute Gasteiger partial charge is 0.495 e. The van der Waals surface area contributed by atoms with Crippen LogP contribution in [0.15, 0.2) is 18.3 Å². The third-order valence-electron chi connectivity index (χ3n) is 4.79. The van der Waals surface area contributed by atoms with Gasteiger partial charge in [0.1, 0.15) is 10.8 Å². The summed E-state index contributed by atoms with van der Waals surface area (Å²) >= 11 is 6.09. The van der Waals surface area contributed by atoms with Crippen LogP contribution in [-0.4, -0.2) is 62.0 Å². The molecule has 0 atom stereocenters. The van der Waals surface area contributed by atoms with Crippen LogP contribution in [0.1, 0.15) is 11.1 Å². The standard InChI is InChI=1S/C19H27ClN6O2/c1-27-8-7-26-5-3-13-9-16(17(28-2)10-14(13)4-6-26)24-19-22-11-15(20)18(25-19)23-12-21/h9-11H,3-8,12,21H2,1-2H3,(H2,22,23,24,25). The van der Waals surface area contributed by atoms with E-state index in [2.05, 4.69) is 37.6 Å². The predicted molar refractivity (Wildman–Crippen MR) is 112 cm³/mol. The van der Waals surface area contributed by atoms with Crippen LogP contribution in [0.25, 0.3) is 0 Å². The van der Waals surface area contributed by atoms with E-state index in [1.807, 2.05) is 0 Å². The lowest BCUT2D eigenvalue weighted by Crippen LogP contribution is -2.29. The molecule has 0 radical (unpaired) electrons. The highest BCUT2D eigenvalue weighted by atomic mass is 35.5. The average molecular weight is 407 g/mol. The van der Waals surface area contributed by atoms with Crippen LogP contribution in [0.2, 0.25) is 5.02 Å². The Labute approximate surface area is 170 Å². The molecule has 0 bridgehead atoms. The summed E-state index contributed by atoms with van der Waals surface area (Å²) in [5.74, 6) is 1.68. The van der Waals surface area contributed by atoms with Gasteiger partial charge in [0.05, 0.1) is 32.3 Å². The molecule has 0 fully saturated rings. The molecule has 1 aromatic carbocycles. The van der Waals surface area contributed by atoms with Gasteiger partial charge >= 0.3 is 0 Å². The first kappa shape index (κ1) is 20.6. The van der Waals surface area contributed by atoms with Gasteiger partial charge in [-0.3, -0.25) is 0 Å². The predicted octanol–water partition coefficient (Wildman–Crippen LogP) is 2.26. The van der Waals surface area contributed by atoms with Crippen molar-refractivity contribution in [2.24, 2.45) is 5.73 Å². The molecule has 8 nitrogen and oxygen atoms in total. The normalized spacial score (nSPS) is 14.3. The van der Waals surface area contributed by atoms with Gasteiger partial charge in [0.25, 0.3) is 0 Å². The van der Waals surface area contributed by atoms with Gasteiger partial charge in [-0.2, -0.15) is 4.98 Å². The van der Waals surface area contributed by atoms with Crippen molar-refractivity contribution in [1.29, 1.82) is 0 Å². The van der Waals surface area contributed by atoms with Crippen LogP contribution in [0.3, 0.4) is 0 Å². The molecule has 0 saturated carbocycles. The molecule has 2 aromatic rings. The van der Waals surface area contributed by atoms with Gasteiger partial charge in [-0.25, -0.2) is 4.98 Å². The molecule has 28 heavy (non-hydrogen) atoms. The second-order valence-electron chi connectivity index (χ2n) is 6.55. The Morgan fingerprint density at radius 1 is 1.21 bits per heavy atom. The zero-order valence-corrected chi connectivity index (χ0v) is 17.1. The molecule has 1 aliphatic rings. The summed E-state index contributed by atoms with van der Waals surface area (Å²) in [4.78, 5) is 11.1. The molecular weight excluding hydrogens is 380 g/mol. The van der Waals surface area contributed by atoms with Gasteiger partial charge in [-0.05, 0) is 36.1 Å². The highest BCUT2D eigenvalue weighted by Crippen LogP contribution is 2.32. The Hall–Kier alpha value is -2.13. The molecule has 1 aliphatic heterocycles. The Balaban J connectivity index is 1.81. The van der Waals surface area contributed by atoms with Crippen LogP contribution >= 0.6 is 11.6 Å². The molecule has 0 amide bonds. The van der Waals surface area contributed by atoms with Crippen molar-refractivity contribution in [3.05, 3.63) is 34.5 Å². The summed E-state index contributed by atoms with van der Waals surface area (Å²) in [7, 11) is 3.40. The van der Waals surface area contributed by atoms with E-state index in [9.17, 15) is 0 Å². The minimum absolute atomic E-state index is 0.234. The zero-order chi connectivity index (χ0) is 19.9. The minimum Gasteiger partial charge on any atom is -0.495 e. The molecule has 152 valence electrons. The van der Waals surface area contributed by atoms with Crippen molar-refractivity contribution in [3.63, 3.8) is 0 Å². The third kappa shape index (κ3) is 5.02. The summed E-state index contributed by atoms with van der Waals surface area (Å²) in [6.07, 6.45) is 3.50. The third-order valence-corrected chi connectivity index (χ3v) is 5.06. The van der Waals surface area contributed by atoms with E-state index in [1.54, 1.807) is 20.4 Å². The van der Waals surface area contributed by atoms with E-state index < -0.39 is 0 Å². The van der Waals surface area contributed by atoms with Crippen molar-refractivity contribution in [2.45, 2.75) is 12.8 Å². The van der Waals surface area contributed by atoms with Crippen molar-refractivity contribution in [3.8, 4) is 5.75 Å². The van der Waals surface area contributed by atoms with Gasteiger partial charge in [-0.15, -0.1) is 0 Å². The molecular formula is C19H27ClN6O2.